The van der Waals surface area contributed by atoms with E-state index in [-0.39, 0.29) is 12.8 Å². The maximum Gasteiger partial charge on any atom is 0.343 e. The van der Waals surface area contributed by atoms with Crippen molar-refractivity contribution in [3.8, 4) is 45.6 Å². The Morgan fingerprint density at radius 2 is 1.58 bits per heavy atom. The van der Waals surface area contributed by atoms with Crippen molar-refractivity contribution in [2.24, 2.45) is 0 Å². The Bertz CT molecular complexity index is 1420. The van der Waals surface area contributed by atoms with Gasteiger partial charge in [0.05, 0.1) is 34.5 Å². The van der Waals surface area contributed by atoms with Gasteiger partial charge >= 0.3 is 5.97 Å². The fourth-order valence-electron chi connectivity index (χ4n) is 5.89. The molecule has 0 radical (unpaired) electrons. The third-order valence-electron chi connectivity index (χ3n) is 7.59. The Balaban J connectivity index is 1.58. The quantitative estimate of drug-likeness (QED) is 0.435. The van der Waals surface area contributed by atoms with E-state index >= 15 is 0 Å². The zero-order chi connectivity index (χ0) is 26.6. The SMILES string of the molecule is COc1ccc(-c2c3c(c(OC)c4c2OCO4)C(C2OC(=O)c4c2ccc(OC)c4OC)N(C)CC3)cc1. The third-order valence-corrected chi connectivity index (χ3v) is 7.59. The number of benzene rings is 3. The van der Waals surface area contributed by atoms with Crippen molar-refractivity contribution < 1.29 is 38.0 Å². The summed E-state index contributed by atoms with van der Waals surface area (Å²) >= 11 is 0. The first-order chi connectivity index (χ1) is 18.5. The summed E-state index contributed by atoms with van der Waals surface area (Å²) in [6.07, 6.45) is 0.148. The van der Waals surface area contributed by atoms with Crippen molar-refractivity contribution in [1.29, 1.82) is 0 Å². The number of ether oxygens (including phenoxy) is 7. The maximum atomic E-state index is 13.2. The van der Waals surface area contributed by atoms with Crippen LogP contribution in [0.3, 0.4) is 0 Å². The molecule has 3 aliphatic rings. The number of nitrogens with zero attached hydrogens (tertiary/aromatic N) is 1. The highest BCUT2D eigenvalue weighted by molar-refractivity contribution is 5.98. The van der Waals surface area contributed by atoms with Gasteiger partial charge in [0, 0.05) is 23.2 Å². The molecule has 0 bridgehead atoms. The first-order valence-corrected chi connectivity index (χ1v) is 12.3. The molecule has 9 heteroatoms. The molecule has 3 aromatic carbocycles. The molecule has 0 saturated carbocycles. The van der Waals surface area contributed by atoms with Crippen molar-refractivity contribution in [2.45, 2.75) is 18.6 Å². The van der Waals surface area contributed by atoms with Crippen LogP contribution in [0.25, 0.3) is 11.1 Å². The van der Waals surface area contributed by atoms with Crippen LogP contribution in [0.1, 0.15) is 39.2 Å². The topological polar surface area (TPSA) is 84.9 Å². The standard InChI is InChI=1S/C29H29NO8/c1-30-13-12-17-20(15-6-8-16(32-2)9-7-15)27-28(37-14-36-27)26(35-5)21(17)23(30)24-18-10-11-19(33-3)25(34-4)22(18)29(31)38-24/h6-11,23-24H,12-14H2,1-5H3. The molecule has 0 aromatic heterocycles. The number of hydrogen-bond donors (Lipinski definition) is 0. The number of carbonyl (C=O) groups excluding carboxylic acids is 1. The van der Waals surface area contributed by atoms with Gasteiger partial charge in [0.25, 0.3) is 0 Å². The lowest BCUT2D eigenvalue weighted by atomic mass is 9.81. The molecule has 38 heavy (non-hydrogen) atoms. The van der Waals surface area contributed by atoms with Gasteiger partial charge in [-0.25, -0.2) is 4.79 Å². The minimum atomic E-state index is -0.598. The molecule has 0 N–H and O–H groups in total. The van der Waals surface area contributed by atoms with E-state index in [0.29, 0.717) is 34.3 Å². The lowest BCUT2D eigenvalue weighted by Gasteiger charge is -2.39. The Labute approximate surface area is 220 Å². The fourth-order valence-corrected chi connectivity index (χ4v) is 5.89. The molecule has 198 valence electrons. The van der Waals surface area contributed by atoms with Gasteiger partial charge in [-0.3, -0.25) is 4.90 Å². The summed E-state index contributed by atoms with van der Waals surface area (Å²) in [4.78, 5) is 15.4. The lowest BCUT2D eigenvalue weighted by Crippen LogP contribution is -2.36. The Hall–Kier alpha value is -4.11. The zero-order valence-electron chi connectivity index (χ0n) is 22.0. The van der Waals surface area contributed by atoms with E-state index in [1.165, 1.54) is 7.11 Å². The average Bonchev–Trinajstić information content (AvgIpc) is 3.56. The van der Waals surface area contributed by atoms with E-state index < -0.39 is 12.1 Å². The summed E-state index contributed by atoms with van der Waals surface area (Å²) in [5.41, 5.74) is 5.03. The van der Waals surface area contributed by atoms with Gasteiger partial charge in [-0.05, 0) is 42.8 Å². The van der Waals surface area contributed by atoms with Crippen molar-refractivity contribution in [3.63, 3.8) is 0 Å². The third kappa shape index (κ3) is 3.45. The number of methoxy groups -OCH3 is 4. The number of likely N-dealkylation sites (N-methyl/N-ethyl adjacent to an activating group) is 1. The van der Waals surface area contributed by atoms with Crippen molar-refractivity contribution >= 4 is 5.97 Å². The van der Waals surface area contributed by atoms with Crippen LogP contribution in [-0.4, -0.2) is 59.7 Å². The molecular formula is C29H29NO8. The smallest absolute Gasteiger partial charge is 0.343 e. The minimum Gasteiger partial charge on any atom is -0.497 e. The summed E-state index contributed by atoms with van der Waals surface area (Å²) in [5, 5.41) is 0. The van der Waals surface area contributed by atoms with Gasteiger partial charge in [-0.2, -0.15) is 0 Å². The number of cyclic esters (lactones) is 1. The Morgan fingerprint density at radius 3 is 2.26 bits per heavy atom. The van der Waals surface area contributed by atoms with Crippen LogP contribution in [0.2, 0.25) is 0 Å². The van der Waals surface area contributed by atoms with Gasteiger partial charge in [0.1, 0.15) is 17.4 Å². The Morgan fingerprint density at radius 1 is 0.842 bits per heavy atom. The van der Waals surface area contributed by atoms with E-state index in [0.717, 1.165) is 46.5 Å². The average molecular weight is 520 g/mol. The molecule has 3 heterocycles. The van der Waals surface area contributed by atoms with Crippen LogP contribution in [0.4, 0.5) is 0 Å². The molecule has 0 fully saturated rings. The van der Waals surface area contributed by atoms with Crippen LogP contribution in [0.15, 0.2) is 36.4 Å². The Kier molecular flexibility index (Phi) is 5.95. The van der Waals surface area contributed by atoms with Crippen LogP contribution in [0, 0.1) is 0 Å². The predicted molar refractivity (Wildman–Crippen MR) is 138 cm³/mol. The largest absolute Gasteiger partial charge is 0.497 e. The molecule has 0 saturated heterocycles. The molecule has 0 amide bonds. The summed E-state index contributed by atoms with van der Waals surface area (Å²) in [6, 6.07) is 11.2. The normalized spacial score (nSPS) is 19.4. The summed E-state index contributed by atoms with van der Waals surface area (Å²) < 4.78 is 40.4. The maximum absolute atomic E-state index is 13.2. The van der Waals surface area contributed by atoms with Crippen LogP contribution in [0.5, 0.6) is 34.5 Å². The molecule has 3 aromatic rings. The molecule has 9 nitrogen and oxygen atoms in total. The highest BCUT2D eigenvalue weighted by atomic mass is 16.7. The molecular weight excluding hydrogens is 490 g/mol. The molecule has 3 aliphatic heterocycles. The number of hydrogen-bond acceptors (Lipinski definition) is 9. The van der Waals surface area contributed by atoms with Crippen molar-refractivity contribution in [2.75, 3.05) is 48.8 Å². The summed E-state index contributed by atoms with van der Waals surface area (Å²) in [7, 11) is 8.35. The lowest BCUT2D eigenvalue weighted by molar-refractivity contribution is 0.00877. The number of esters is 1. The van der Waals surface area contributed by atoms with Gasteiger partial charge in [0.2, 0.25) is 12.5 Å². The zero-order valence-corrected chi connectivity index (χ0v) is 22.0. The van der Waals surface area contributed by atoms with Crippen molar-refractivity contribution in [1.82, 2.24) is 4.90 Å². The second-order valence-corrected chi connectivity index (χ2v) is 9.36. The van der Waals surface area contributed by atoms with Gasteiger partial charge in [-0.15, -0.1) is 0 Å². The fraction of sp³-hybridized carbons (Fsp3) is 0.345. The van der Waals surface area contributed by atoms with Crippen LogP contribution >= 0.6 is 0 Å². The van der Waals surface area contributed by atoms with Crippen LogP contribution < -0.4 is 28.4 Å². The second-order valence-electron chi connectivity index (χ2n) is 9.36. The van der Waals surface area contributed by atoms with Crippen LogP contribution in [-0.2, 0) is 11.2 Å². The number of carbonyl (C=O) groups is 1. The highest BCUT2D eigenvalue weighted by Crippen LogP contribution is 2.58. The molecule has 6 rings (SSSR count). The van der Waals surface area contributed by atoms with E-state index in [1.54, 1.807) is 27.4 Å². The predicted octanol–water partition coefficient (Wildman–Crippen LogP) is 4.56. The molecule has 0 spiro atoms. The van der Waals surface area contributed by atoms with Gasteiger partial charge < -0.3 is 33.2 Å². The highest BCUT2D eigenvalue weighted by Gasteiger charge is 2.47. The molecule has 0 aliphatic carbocycles. The van der Waals surface area contributed by atoms with E-state index in [9.17, 15) is 4.79 Å². The van der Waals surface area contributed by atoms with Crippen molar-refractivity contribution in [3.05, 3.63) is 58.7 Å². The van der Waals surface area contributed by atoms with Gasteiger partial charge in [-0.1, -0.05) is 18.2 Å². The first-order valence-electron chi connectivity index (χ1n) is 12.3. The monoisotopic (exact) mass is 519 g/mol. The number of fused-ring (bicyclic) bond motifs is 3. The van der Waals surface area contributed by atoms with E-state index in [4.69, 9.17) is 33.2 Å². The van der Waals surface area contributed by atoms with E-state index in [1.807, 2.05) is 37.4 Å². The first kappa shape index (κ1) is 24.2. The molecule has 2 atom stereocenters. The van der Waals surface area contributed by atoms with Gasteiger partial charge in [0.15, 0.2) is 23.0 Å². The minimum absolute atomic E-state index is 0.0937. The molecule has 2 unspecified atom stereocenters. The van der Waals surface area contributed by atoms with E-state index in [2.05, 4.69) is 4.90 Å². The summed E-state index contributed by atoms with van der Waals surface area (Å²) in [5.74, 6) is 2.96. The summed E-state index contributed by atoms with van der Waals surface area (Å²) in [6.45, 7) is 0.830. The number of rotatable bonds is 6. The second kappa shape index (κ2) is 9.33.